The van der Waals surface area contributed by atoms with Crippen molar-refractivity contribution in [2.45, 2.75) is 32.6 Å². The highest BCUT2D eigenvalue weighted by Gasteiger charge is 2.11. The molecule has 144 valence electrons. The Labute approximate surface area is 160 Å². The van der Waals surface area contributed by atoms with E-state index in [9.17, 15) is 8.78 Å². The summed E-state index contributed by atoms with van der Waals surface area (Å²) >= 11 is 0. The minimum Gasteiger partial charge on any atom is -0.388 e. The number of halogens is 2. The van der Waals surface area contributed by atoms with Crippen LogP contribution in [0.25, 0.3) is 11.7 Å². The summed E-state index contributed by atoms with van der Waals surface area (Å²) in [5.41, 5.74) is 2.54. The van der Waals surface area contributed by atoms with Crippen molar-refractivity contribution in [1.82, 2.24) is 0 Å². The number of hydrogen-bond donors (Lipinski definition) is 1. The SMILES string of the molecule is C=CC=O.CCCCCc1ccc(/C(F)=C(\F)c2ccc(NC)cc2)cc1. The second-order valence-corrected chi connectivity index (χ2v) is 5.98. The Morgan fingerprint density at radius 2 is 1.44 bits per heavy atom. The summed E-state index contributed by atoms with van der Waals surface area (Å²) in [6.07, 6.45) is 6.30. The van der Waals surface area contributed by atoms with Crippen LogP contribution in [-0.4, -0.2) is 13.3 Å². The zero-order chi connectivity index (χ0) is 20.1. The average Bonchev–Trinajstić information content (AvgIpc) is 2.73. The summed E-state index contributed by atoms with van der Waals surface area (Å²) in [6.45, 7) is 5.27. The van der Waals surface area contributed by atoms with E-state index in [1.54, 1.807) is 43.4 Å². The maximum atomic E-state index is 14.3. The summed E-state index contributed by atoms with van der Waals surface area (Å²) < 4.78 is 28.6. The van der Waals surface area contributed by atoms with E-state index in [4.69, 9.17) is 4.79 Å². The maximum Gasteiger partial charge on any atom is 0.166 e. The Morgan fingerprint density at radius 1 is 0.963 bits per heavy atom. The van der Waals surface area contributed by atoms with Crippen molar-refractivity contribution in [3.8, 4) is 0 Å². The first-order valence-electron chi connectivity index (χ1n) is 9.06. The Bertz CT molecular complexity index is 728. The molecule has 0 fully saturated rings. The largest absolute Gasteiger partial charge is 0.388 e. The summed E-state index contributed by atoms with van der Waals surface area (Å²) in [5, 5.41) is 2.95. The first-order valence-corrected chi connectivity index (χ1v) is 9.06. The summed E-state index contributed by atoms with van der Waals surface area (Å²) in [5.74, 6) is -1.64. The zero-order valence-electron chi connectivity index (χ0n) is 16.0. The van der Waals surface area contributed by atoms with E-state index in [-0.39, 0.29) is 11.1 Å². The number of nitrogens with one attached hydrogen (secondary N) is 1. The monoisotopic (exact) mass is 371 g/mol. The van der Waals surface area contributed by atoms with Gasteiger partial charge >= 0.3 is 0 Å². The highest BCUT2D eigenvalue weighted by atomic mass is 19.2. The molecule has 0 amide bonds. The van der Waals surface area contributed by atoms with Gasteiger partial charge in [-0.1, -0.05) is 50.6 Å². The van der Waals surface area contributed by atoms with Crippen LogP contribution in [0.3, 0.4) is 0 Å². The van der Waals surface area contributed by atoms with Gasteiger partial charge in [0.05, 0.1) is 0 Å². The van der Waals surface area contributed by atoms with Gasteiger partial charge in [-0.15, -0.1) is 0 Å². The Balaban J connectivity index is 0.000000828. The number of unbranched alkanes of at least 4 members (excludes halogenated alkanes) is 2. The molecule has 0 radical (unpaired) electrons. The highest BCUT2D eigenvalue weighted by molar-refractivity contribution is 5.83. The number of aldehydes is 1. The molecule has 2 aromatic rings. The molecule has 0 aliphatic heterocycles. The Kier molecular flexibility index (Phi) is 10.4. The molecule has 0 heterocycles. The molecule has 27 heavy (non-hydrogen) atoms. The second-order valence-electron chi connectivity index (χ2n) is 5.98. The molecule has 0 aromatic heterocycles. The number of carbonyl (C=O) groups is 1. The molecule has 4 heteroatoms. The van der Waals surface area contributed by atoms with Crippen molar-refractivity contribution in [2.24, 2.45) is 0 Å². The van der Waals surface area contributed by atoms with Crippen LogP contribution < -0.4 is 5.32 Å². The number of allylic oxidation sites excluding steroid dienone is 1. The number of anilines is 1. The van der Waals surface area contributed by atoms with Gasteiger partial charge in [-0.2, -0.15) is 0 Å². The molecule has 2 nitrogen and oxygen atoms in total. The fourth-order valence-corrected chi connectivity index (χ4v) is 2.43. The van der Waals surface area contributed by atoms with Crippen molar-refractivity contribution < 1.29 is 13.6 Å². The zero-order valence-corrected chi connectivity index (χ0v) is 16.0. The lowest BCUT2D eigenvalue weighted by Gasteiger charge is -2.06. The quantitative estimate of drug-likeness (QED) is 0.245. The molecule has 2 rings (SSSR count). The number of carbonyl (C=O) groups excluding carboxylic acids is 1. The average molecular weight is 371 g/mol. The van der Waals surface area contributed by atoms with Crippen molar-refractivity contribution in [1.29, 1.82) is 0 Å². The third kappa shape index (κ3) is 7.57. The summed E-state index contributed by atoms with van der Waals surface area (Å²) in [6, 6.07) is 13.6. The van der Waals surface area contributed by atoms with Crippen LogP contribution in [0.15, 0.2) is 61.2 Å². The smallest absolute Gasteiger partial charge is 0.166 e. The number of aryl methyl sites for hydroxylation is 1. The molecule has 0 spiro atoms. The van der Waals surface area contributed by atoms with Gasteiger partial charge < -0.3 is 5.32 Å². The maximum absolute atomic E-state index is 14.3. The van der Waals surface area contributed by atoms with Gasteiger partial charge in [0.25, 0.3) is 0 Å². The minimum absolute atomic E-state index is 0.244. The van der Waals surface area contributed by atoms with Crippen molar-refractivity contribution in [3.05, 3.63) is 77.9 Å². The van der Waals surface area contributed by atoms with Gasteiger partial charge in [0.1, 0.15) is 6.29 Å². The summed E-state index contributed by atoms with van der Waals surface area (Å²) in [7, 11) is 1.78. The van der Waals surface area contributed by atoms with Gasteiger partial charge in [-0.3, -0.25) is 4.79 Å². The van der Waals surface area contributed by atoms with Crippen molar-refractivity contribution in [2.75, 3.05) is 12.4 Å². The number of rotatable bonds is 8. The lowest BCUT2D eigenvalue weighted by Crippen LogP contribution is -1.90. The highest BCUT2D eigenvalue weighted by Crippen LogP contribution is 2.29. The van der Waals surface area contributed by atoms with E-state index in [0.29, 0.717) is 6.29 Å². The van der Waals surface area contributed by atoms with Crippen LogP contribution >= 0.6 is 0 Å². The van der Waals surface area contributed by atoms with Crippen molar-refractivity contribution in [3.63, 3.8) is 0 Å². The van der Waals surface area contributed by atoms with E-state index in [1.807, 2.05) is 12.1 Å². The molecule has 0 saturated carbocycles. The molecule has 0 unspecified atom stereocenters. The van der Waals surface area contributed by atoms with E-state index >= 15 is 0 Å². The standard InChI is InChI=1S/C20H23F2N.C3H4O/c1-3-4-5-6-15-7-9-16(10-8-15)19(21)20(22)17-11-13-18(23-2)14-12-17;1-2-3-4/h7-14,23H,3-6H2,1-2H3;2-3H,1H2/b20-19+;. The van der Waals surface area contributed by atoms with Gasteiger partial charge in [0.2, 0.25) is 0 Å². The lowest BCUT2D eigenvalue weighted by atomic mass is 10.0. The van der Waals surface area contributed by atoms with Crippen LogP contribution in [0.5, 0.6) is 0 Å². The number of hydrogen-bond acceptors (Lipinski definition) is 2. The fourth-order valence-electron chi connectivity index (χ4n) is 2.43. The molecule has 0 bridgehead atoms. The molecule has 0 saturated heterocycles. The van der Waals surface area contributed by atoms with E-state index < -0.39 is 11.7 Å². The van der Waals surface area contributed by atoms with Gasteiger partial charge in [-0.05, 0) is 48.7 Å². The van der Waals surface area contributed by atoms with Crippen LogP contribution in [0.1, 0.15) is 42.9 Å². The predicted molar refractivity (Wildman–Crippen MR) is 111 cm³/mol. The third-order valence-corrected chi connectivity index (χ3v) is 3.99. The molecule has 2 aromatic carbocycles. The van der Waals surface area contributed by atoms with E-state index in [2.05, 4.69) is 18.8 Å². The first-order chi connectivity index (χ1) is 13.1. The molecular formula is C23H27F2NO. The van der Waals surface area contributed by atoms with Crippen LogP contribution in [0, 0.1) is 0 Å². The van der Waals surface area contributed by atoms with Crippen molar-refractivity contribution >= 4 is 23.6 Å². The lowest BCUT2D eigenvalue weighted by molar-refractivity contribution is -0.104. The van der Waals surface area contributed by atoms with Crippen LogP contribution in [0.2, 0.25) is 0 Å². The van der Waals surface area contributed by atoms with E-state index in [0.717, 1.165) is 24.1 Å². The minimum atomic E-state index is -0.827. The Morgan fingerprint density at radius 3 is 1.85 bits per heavy atom. The second kappa shape index (κ2) is 12.6. The molecule has 0 aliphatic rings. The first kappa shape index (κ1) is 22.3. The van der Waals surface area contributed by atoms with Gasteiger partial charge in [-0.25, -0.2) is 8.78 Å². The molecule has 0 atom stereocenters. The molecule has 1 N–H and O–H groups in total. The topological polar surface area (TPSA) is 29.1 Å². The summed E-state index contributed by atoms with van der Waals surface area (Å²) in [4.78, 5) is 9.06. The third-order valence-electron chi connectivity index (χ3n) is 3.99. The van der Waals surface area contributed by atoms with E-state index in [1.165, 1.54) is 18.9 Å². The van der Waals surface area contributed by atoms with Crippen LogP contribution in [-0.2, 0) is 11.2 Å². The Hall–Kier alpha value is -2.75. The normalized spacial score (nSPS) is 11.0. The van der Waals surface area contributed by atoms with Gasteiger partial charge in [0.15, 0.2) is 11.7 Å². The predicted octanol–water partition coefficient (Wildman–Crippen LogP) is 6.60. The van der Waals surface area contributed by atoms with Gasteiger partial charge in [0, 0.05) is 23.9 Å². The fraction of sp³-hybridized carbons (Fsp3) is 0.261. The number of benzene rings is 2. The molecular weight excluding hydrogens is 344 g/mol. The molecule has 0 aliphatic carbocycles. The van der Waals surface area contributed by atoms with Crippen LogP contribution in [0.4, 0.5) is 14.5 Å².